The fourth-order valence-electron chi connectivity index (χ4n) is 3.93. The fourth-order valence-corrected chi connectivity index (χ4v) is 3.93. The van der Waals surface area contributed by atoms with E-state index >= 15 is 0 Å². The van der Waals surface area contributed by atoms with E-state index in [1.165, 1.54) is 6.07 Å². The molecule has 2 atom stereocenters. The van der Waals surface area contributed by atoms with Gasteiger partial charge < -0.3 is 30.9 Å². The summed E-state index contributed by atoms with van der Waals surface area (Å²) >= 11 is 0. The molecular formula is C23H20N5O6-. The summed E-state index contributed by atoms with van der Waals surface area (Å²) in [4.78, 5) is 67.8. The number of nitrogens with zero attached hydrogens (tertiary/aromatic N) is 1. The lowest BCUT2D eigenvalue weighted by Crippen LogP contribution is -2.53. The summed E-state index contributed by atoms with van der Waals surface area (Å²) in [5, 5.41) is 14.6. The first-order valence-electron chi connectivity index (χ1n) is 10.3. The molecule has 0 saturated heterocycles. The Morgan fingerprint density at radius 1 is 1.00 bits per heavy atom. The number of aromatic amines is 2. The molecular weight excluding hydrogens is 442 g/mol. The fraction of sp³-hybridized carbons (Fsp3) is 0.174. The summed E-state index contributed by atoms with van der Waals surface area (Å²) in [5.41, 5.74) is 5.20. The Kier molecular flexibility index (Phi) is 6.00. The number of H-pyrrole nitrogens is 2. The lowest BCUT2D eigenvalue weighted by Gasteiger charge is -2.23. The third kappa shape index (κ3) is 4.31. The molecule has 4 rings (SSSR count). The molecule has 174 valence electrons. The Labute approximate surface area is 191 Å². The van der Waals surface area contributed by atoms with E-state index in [1.807, 2.05) is 12.1 Å². The van der Waals surface area contributed by atoms with Crippen molar-refractivity contribution in [3.63, 3.8) is 0 Å². The zero-order valence-electron chi connectivity index (χ0n) is 17.7. The highest BCUT2D eigenvalue weighted by Crippen LogP contribution is 2.22. The second kappa shape index (κ2) is 9.06. The average molecular weight is 462 g/mol. The number of carbonyl (C=O) groups is 3. The summed E-state index contributed by atoms with van der Waals surface area (Å²) in [6.45, 7) is 0. The molecule has 0 aliphatic heterocycles. The van der Waals surface area contributed by atoms with Crippen molar-refractivity contribution in [2.75, 3.05) is 0 Å². The van der Waals surface area contributed by atoms with E-state index in [0.717, 1.165) is 15.5 Å². The number of amides is 2. The molecule has 0 aliphatic carbocycles. The maximum absolute atomic E-state index is 13.3. The summed E-state index contributed by atoms with van der Waals surface area (Å²) < 4.78 is 0.746. The van der Waals surface area contributed by atoms with Crippen molar-refractivity contribution in [1.82, 2.24) is 19.9 Å². The van der Waals surface area contributed by atoms with Gasteiger partial charge in [0.2, 0.25) is 11.8 Å². The number of primary amides is 1. The predicted octanol–water partition coefficient (Wildman–Crippen LogP) is -0.935. The van der Waals surface area contributed by atoms with E-state index < -0.39 is 47.5 Å². The van der Waals surface area contributed by atoms with Gasteiger partial charge in [-0.2, -0.15) is 0 Å². The number of fused-ring (bicyclic) bond motifs is 2. The standard InChI is InChI=1S/C23H21N5O6/c24-19(29)10-17(22(32)33)26-20(30)18(9-12-11-25-15-7-3-1-5-13(12)15)28-21(31)14-6-2-4-8-16(14)27-23(28)34/h1-8,11,17-18,25H,9-10H2,(H2,24,29)(H,26,30)(H,27,34)(H,32,33)/p-1/t17-,18-/m0/s1. The van der Waals surface area contributed by atoms with Crippen LogP contribution in [0.2, 0.25) is 0 Å². The number of carboxylic acids is 1. The van der Waals surface area contributed by atoms with Crippen molar-refractivity contribution < 1.29 is 19.5 Å². The monoisotopic (exact) mass is 462 g/mol. The van der Waals surface area contributed by atoms with Crippen LogP contribution in [0.3, 0.4) is 0 Å². The topological polar surface area (TPSA) is 183 Å². The Hall–Kier alpha value is -4.67. The molecule has 2 aromatic carbocycles. The second-order valence-electron chi connectivity index (χ2n) is 7.78. The van der Waals surface area contributed by atoms with Crippen LogP contribution in [0.25, 0.3) is 21.8 Å². The second-order valence-corrected chi connectivity index (χ2v) is 7.78. The van der Waals surface area contributed by atoms with Gasteiger partial charge in [-0.25, -0.2) is 9.36 Å². The van der Waals surface area contributed by atoms with Crippen molar-refractivity contribution in [2.24, 2.45) is 5.73 Å². The number of rotatable bonds is 8. The van der Waals surface area contributed by atoms with E-state index in [2.05, 4.69) is 15.3 Å². The van der Waals surface area contributed by atoms with Crippen molar-refractivity contribution in [3.8, 4) is 0 Å². The van der Waals surface area contributed by atoms with Gasteiger partial charge in [0.1, 0.15) is 6.04 Å². The lowest BCUT2D eigenvalue weighted by atomic mass is 10.0. The Morgan fingerprint density at radius 2 is 1.65 bits per heavy atom. The van der Waals surface area contributed by atoms with Crippen LogP contribution in [0.5, 0.6) is 0 Å². The van der Waals surface area contributed by atoms with Crippen LogP contribution < -0.4 is 27.4 Å². The van der Waals surface area contributed by atoms with Gasteiger partial charge in [0, 0.05) is 23.5 Å². The SMILES string of the molecule is NC(=O)C[C@H](NC(=O)[C@H](Cc1c[nH]c2ccccc12)n1c(=O)[nH]c2ccccc2c1=O)C(=O)[O-]. The number of hydrogen-bond donors (Lipinski definition) is 4. The van der Waals surface area contributed by atoms with Crippen LogP contribution in [0.4, 0.5) is 0 Å². The highest BCUT2D eigenvalue weighted by Gasteiger charge is 2.29. The molecule has 11 nitrogen and oxygen atoms in total. The maximum atomic E-state index is 13.3. The van der Waals surface area contributed by atoms with Gasteiger partial charge in [-0.15, -0.1) is 0 Å². The zero-order chi connectivity index (χ0) is 24.4. The van der Waals surface area contributed by atoms with Crippen LogP contribution in [0, 0.1) is 0 Å². The van der Waals surface area contributed by atoms with E-state index in [-0.39, 0.29) is 11.8 Å². The maximum Gasteiger partial charge on any atom is 0.329 e. The van der Waals surface area contributed by atoms with Gasteiger partial charge in [0.05, 0.1) is 29.3 Å². The quantitative estimate of drug-likeness (QED) is 0.262. The summed E-state index contributed by atoms with van der Waals surface area (Å²) in [6.07, 6.45) is 0.815. The molecule has 11 heteroatoms. The van der Waals surface area contributed by atoms with Crippen LogP contribution in [0.15, 0.2) is 64.3 Å². The minimum atomic E-state index is -1.73. The number of nitrogens with two attached hydrogens (primary N) is 1. The molecule has 0 radical (unpaired) electrons. The molecule has 0 bridgehead atoms. The number of aromatic nitrogens is 3. The van der Waals surface area contributed by atoms with E-state index in [0.29, 0.717) is 11.1 Å². The van der Waals surface area contributed by atoms with E-state index in [4.69, 9.17) is 5.73 Å². The average Bonchev–Trinajstić information content (AvgIpc) is 3.20. The molecule has 34 heavy (non-hydrogen) atoms. The molecule has 2 heterocycles. The molecule has 2 aromatic heterocycles. The normalized spacial score (nSPS) is 12.9. The molecule has 0 aliphatic rings. The Bertz CT molecular complexity index is 1530. The molecule has 4 aromatic rings. The number of aliphatic carboxylic acids is 1. The number of benzene rings is 2. The van der Waals surface area contributed by atoms with Gasteiger partial charge in [-0.1, -0.05) is 30.3 Å². The highest BCUT2D eigenvalue weighted by molar-refractivity contribution is 5.90. The number of carbonyl (C=O) groups excluding carboxylic acids is 3. The smallest absolute Gasteiger partial charge is 0.329 e. The highest BCUT2D eigenvalue weighted by atomic mass is 16.4. The van der Waals surface area contributed by atoms with Crippen molar-refractivity contribution >= 4 is 39.6 Å². The van der Waals surface area contributed by atoms with Gasteiger partial charge in [0.25, 0.3) is 5.56 Å². The summed E-state index contributed by atoms with van der Waals surface area (Å²) in [7, 11) is 0. The Morgan fingerprint density at radius 3 is 2.32 bits per heavy atom. The Balaban J connectivity index is 1.83. The molecule has 0 fully saturated rings. The minimum absolute atomic E-state index is 0.118. The predicted molar refractivity (Wildman–Crippen MR) is 121 cm³/mol. The zero-order valence-corrected chi connectivity index (χ0v) is 17.7. The van der Waals surface area contributed by atoms with Gasteiger partial charge >= 0.3 is 5.69 Å². The summed E-state index contributed by atoms with van der Waals surface area (Å²) in [5.74, 6) is -3.65. The molecule has 5 N–H and O–H groups in total. The van der Waals surface area contributed by atoms with Crippen molar-refractivity contribution in [3.05, 3.63) is 81.1 Å². The van der Waals surface area contributed by atoms with Gasteiger partial charge in [0.15, 0.2) is 0 Å². The minimum Gasteiger partial charge on any atom is -0.548 e. The van der Waals surface area contributed by atoms with Crippen LogP contribution in [-0.4, -0.2) is 38.4 Å². The first kappa shape index (κ1) is 22.5. The van der Waals surface area contributed by atoms with Gasteiger partial charge in [-0.05, 0) is 23.8 Å². The number of para-hydroxylation sites is 2. The van der Waals surface area contributed by atoms with Crippen molar-refractivity contribution in [2.45, 2.75) is 24.9 Å². The first-order valence-corrected chi connectivity index (χ1v) is 10.3. The van der Waals surface area contributed by atoms with E-state index in [1.54, 1.807) is 36.5 Å². The molecule has 0 spiro atoms. The van der Waals surface area contributed by atoms with Crippen LogP contribution in [0.1, 0.15) is 18.0 Å². The largest absolute Gasteiger partial charge is 0.548 e. The number of nitrogens with one attached hydrogen (secondary N) is 3. The number of hydrogen-bond acceptors (Lipinski definition) is 6. The van der Waals surface area contributed by atoms with Crippen LogP contribution in [-0.2, 0) is 20.8 Å². The number of carboxylic acid groups (broad SMARTS) is 1. The lowest BCUT2D eigenvalue weighted by molar-refractivity contribution is -0.308. The molecule has 0 saturated carbocycles. The first-order chi connectivity index (χ1) is 16.3. The van der Waals surface area contributed by atoms with Crippen molar-refractivity contribution in [1.29, 1.82) is 0 Å². The van der Waals surface area contributed by atoms with E-state index in [9.17, 15) is 29.1 Å². The molecule has 2 amide bonds. The van der Waals surface area contributed by atoms with Crippen LogP contribution >= 0.6 is 0 Å². The summed E-state index contributed by atoms with van der Waals surface area (Å²) in [6, 6.07) is 10.4. The molecule has 0 unspecified atom stereocenters. The third-order valence-electron chi connectivity index (χ3n) is 5.55. The third-order valence-corrected chi connectivity index (χ3v) is 5.55. The van der Waals surface area contributed by atoms with Gasteiger partial charge in [-0.3, -0.25) is 14.4 Å².